The fraction of sp³-hybridized carbons (Fsp3) is 0.316. The molecule has 5 heteroatoms. The molecule has 1 amide bonds. The summed E-state index contributed by atoms with van der Waals surface area (Å²) >= 11 is 7.86. The van der Waals surface area contributed by atoms with Crippen molar-refractivity contribution in [3.63, 3.8) is 0 Å². The molecule has 0 saturated carbocycles. The fourth-order valence-corrected chi connectivity index (χ4v) is 3.26. The molecule has 0 aliphatic heterocycles. The molecule has 2 aromatic rings. The maximum Gasteiger partial charge on any atom is 0.260 e. The summed E-state index contributed by atoms with van der Waals surface area (Å²) in [5, 5.41) is 3.69. The lowest BCUT2D eigenvalue weighted by Gasteiger charge is -2.16. The first-order chi connectivity index (χ1) is 11.6. The second-order valence-electron chi connectivity index (χ2n) is 5.46. The molecule has 0 radical (unpaired) electrons. The second-order valence-corrected chi connectivity index (χ2v) is 6.97. The lowest BCUT2D eigenvalue weighted by molar-refractivity contribution is -0.127. The van der Waals surface area contributed by atoms with Crippen LogP contribution in [-0.2, 0) is 10.5 Å². The van der Waals surface area contributed by atoms with Crippen molar-refractivity contribution in [2.24, 2.45) is 0 Å². The summed E-state index contributed by atoms with van der Waals surface area (Å²) in [6.07, 6.45) is -0.514. The molecule has 1 N–H and O–H groups in total. The number of hydrogen-bond donors (Lipinski definition) is 1. The van der Waals surface area contributed by atoms with Gasteiger partial charge in [0.1, 0.15) is 5.75 Å². The van der Waals surface area contributed by atoms with E-state index in [0.717, 1.165) is 33.4 Å². The molecule has 0 bridgehead atoms. The van der Waals surface area contributed by atoms with E-state index in [2.05, 4.69) is 5.32 Å². The van der Waals surface area contributed by atoms with Crippen LogP contribution in [0, 0.1) is 6.92 Å². The highest BCUT2D eigenvalue weighted by atomic mass is 35.5. The Morgan fingerprint density at radius 1 is 1.21 bits per heavy atom. The van der Waals surface area contributed by atoms with Crippen molar-refractivity contribution in [2.75, 3.05) is 12.3 Å². The normalized spacial score (nSPS) is 11.8. The van der Waals surface area contributed by atoms with Crippen LogP contribution < -0.4 is 10.1 Å². The summed E-state index contributed by atoms with van der Waals surface area (Å²) in [6, 6.07) is 15.5. The van der Waals surface area contributed by atoms with E-state index in [-0.39, 0.29) is 5.91 Å². The maximum atomic E-state index is 12.1. The third kappa shape index (κ3) is 5.77. The molecular weight excluding hydrogens is 342 g/mol. The Kier molecular flexibility index (Phi) is 7.47. The minimum Gasteiger partial charge on any atom is -0.481 e. The molecule has 0 aromatic heterocycles. The van der Waals surface area contributed by atoms with E-state index in [1.807, 2.05) is 55.5 Å². The van der Waals surface area contributed by atoms with E-state index in [0.29, 0.717) is 6.54 Å². The number of rotatable bonds is 8. The molecule has 0 aliphatic carbocycles. The van der Waals surface area contributed by atoms with Crippen LogP contribution >= 0.6 is 23.4 Å². The SMILES string of the molecule is Cc1ccccc1O[C@H](C)C(=O)NCCSCc1ccccc1Cl. The van der Waals surface area contributed by atoms with Gasteiger partial charge in [-0.2, -0.15) is 11.8 Å². The van der Waals surface area contributed by atoms with Crippen molar-refractivity contribution in [2.45, 2.75) is 25.7 Å². The predicted molar refractivity (Wildman–Crippen MR) is 102 cm³/mol. The molecule has 1 atom stereocenters. The van der Waals surface area contributed by atoms with Gasteiger partial charge < -0.3 is 10.1 Å². The van der Waals surface area contributed by atoms with Crippen LogP contribution in [0.2, 0.25) is 5.02 Å². The zero-order valence-corrected chi connectivity index (χ0v) is 15.5. The molecule has 0 unspecified atom stereocenters. The Bertz CT molecular complexity index is 678. The number of hydrogen-bond acceptors (Lipinski definition) is 3. The van der Waals surface area contributed by atoms with Gasteiger partial charge in [-0.25, -0.2) is 0 Å². The molecule has 24 heavy (non-hydrogen) atoms. The van der Waals surface area contributed by atoms with Gasteiger partial charge in [0, 0.05) is 23.1 Å². The van der Waals surface area contributed by atoms with Gasteiger partial charge in [0.2, 0.25) is 0 Å². The number of thioether (sulfide) groups is 1. The Morgan fingerprint density at radius 3 is 2.67 bits per heavy atom. The van der Waals surface area contributed by atoms with E-state index in [4.69, 9.17) is 16.3 Å². The summed E-state index contributed by atoms with van der Waals surface area (Å²) in [6.45, 7) is 4.33. The number of carbonyl (C=O) groups excluding carboxylic acids is 1. The zero-order chi connectivity index (χ0) is 17.4. The largest absolute Gasteiger partial charge is 0.481 e. The quantitative estimate of drug-likeness (QED) is 0.703. The minimum atomic E-state index is -0.514. The summed E-state index contributed by atoms with van der Waals surface area (Å²) in [5.41, 5.74) is 2.14. The standard InChI is InChI=1S/C19H22ClNO2S/c1-14-7-3-6-10-18(14)23-15(2)19(22)21-11-12-24-13-16-8-4-5-9-17(16)20/h3-10,15H,11-13H2,1-2H3,(H,21,22)/t15-/m1/s1. The minimum absolute atomic E-state index is 0.100. The van der Waals surface area contributed by atoms with Crippen LogP contribution in [-0.4, -0.2) is 24.3 Å². The molecule has 128 valence electrons. The van der Waals surface area contributed by atoms with Gasteiger partial charge in [-0.3, -0.25) is 4.79 Å². The van der Waals surface area contributed by atoms with Crippen LogP contribution in [0.25, 0.3) is 0 Å². The van der Waals surface area contributed by atoms with Crippen molar-refractivity contribution in [3.05, 3.63) is 64.7 Å². The molecule has 0 heterocycles. The van der Waals surface area contributed by atoms with Gasteiger partial charge >= 0.3 is 0 Å². The number of carbonyl (C=O) groups is 1. The Hall–Kier alpha value is -1.65. The first-order valence-corrected chi connectivity index (χ1v) is 9.42. The van der Waals surface area contributed by atoms with Crippen LogP contribution in [0.15, 0.2) is 48.5 Å². The van der Waals surface area contributed by atoms with E-state index in [1.54, 1.807) is 18.7 Å². The van der Waals surface area contributed by atoms with Gasteiger partial charge in [-0.15, -0.1) is 0 Å². The van der Waals surface area contributed by atoms with Gasteiger partial charge in [0.05, 0.1) is 0 Å². The first kappa shape index (κ1) is 18.7. The van der Waals surface area contributed by atoms with E-state index in [1.165, 1.54) is 0 Å². The number of para-hydroxylation sites is 1. The lowest BCUT2D eigenvalue weighted by Crippen LogP contribution is -2.37. The van der Waals surface area contributed by atoms with Gasteiger partial charge in [0.25, 0.3) is 5.91 Å². The van der Waals surface area contributed by atoms with Crippen LogP contribution in [0.1, 0.15) is 18.1 Å². The van der Waals surface area contributed by atoms with Gasteiger partial charge in [-0.05, 0) is 37.1 Å². The van der Waals surface area contributed by atoms with Crippen molar-refractivity contribution in [1.82, 2.24) is 5.32 Å². The molecule has 0 saturated heterocycles. The second kappa shape index (κ2) is 9.60. The van der Waals surface area contributed by atoms with Crippen LogP contribution in [0.5, 0.6) is 5.75 Å². The molecule has 3 nitrogen and oxygen atoms in total. The van der Waals surface area contributed by atoms with Crippen molar-refractivity contribution in [1.29, 1.82) is 0 Å². The zero-order valence-electron chi connectivity index (χ0n) is 13.9. The predicted octanol–water partition coefficient (Wildman–Crippen LogP) is 4.47. The van der Waals surface area contributed by atoms with E-state index < -0.39 is 6.10 Å². The van der Waals surface area contributed by atoms with Crippen LogP contribution in [0.4, 0.5) is 0 Å². The average Bonchev–Trinajstić information content (AvgIpc) is 2.58. The van der Waals surface area contributed by atoms with Crippen LogP contribution in [0.3, 0.4) is 0 Å². The first-order valence-electron chi connectivity index (χ1n) is 7.89. The third-order valence-electron chi connectivity index (χ3n) is 3.53. The van der Waals surface area contributed by atoms with Crippen molar-refractivity contribution in [3.8, 4) is 5.75 Å². The van der Waals surface area contributed by atoms with Crippen molar-refractivity contribution < 1.29 is 9.53 Å². The number of benzene rings is 2. The molecule has 2 aromatic carbocycles. The molecule has 2 rings (SSSR count). The van der Waals surface area contributed by atoms with Gasteiger partial charge in [0.15, 0.2) is 6.10 Å². The monoisotopic (exact) mass is 363 g/mol. The Balaban J connectivity index is 1.67. The lowest BCUT2D eigenvalue weighted by atomic mass is 10.2. The number of aryl methyl sites for hydroxylation is 1. The number of nitrogens with one attached hydrogen (secondary N) is 1. The molecule has 0 spiro atoms. The summed E-state index contributed by atoms with van der Waals surface area (Å²) in [5.74, 6) is 2.31. The average molecular weight is 364 g/mol. The highest BCUT2D eigenvalue weighted by Gasteiger charge is 2.14. The number of ether oxygens (including phenoxy) is 1. The number of amides is 1. The molecule has 0 aliphatic rings. The Morgan fingerprint density at radius 2 is 1.92 bits per heavy atom. The topological polar surface area (TPSA) is 38.3 Å². The molecule has 0 fully saturated rings. The smallest absolute Gasteiger partial charge is 0.260 e. The third-order valence-corrected chi connectivity index (χ3v) is 4.90. The summed E-state index contributed by atoms with van der Waals surface area (Å²) in [4.78, 5) is 12.1. The van der Waals surface area contributed by atoms with Gasteiger partial charge in [-0.1, -0.05) is 48.0 Å². The van der Waals surface area contributed by atoms with Crippen molar-refractivity contribution >= 4 is 29.3 Å². The van der Waals surface area contributed by atoms with E-state index in [9.17, 15) is 4.79 Å². The molecular formula is C19H22ClNO2S. The summed E-state index contributed by atoms with van der Waals surface area (Å²) < 4.78 is 5.71. The Labute approximate surface area is 152 Å². The highest BCUT2D eigenvalue weighted by molar-refractivity contribution is 7.98. The number of halogens is 1. The maximum absolute atomic E-state index is 12.1. The summed E-state index contributed by atoms with van der Waals surface area (Å²) in [7, 11) is 0. The van der Waals surface area contributed by atoms with E-state index >= 15 is 0 Å². The highest BCUT2D eigenvalue weighted by Crippen LogP contribution is 2.20. The fourth-order valence-electron chi connectivity index (χ4n) is 2.12.